The number of aliphatic carboxylic acids is 1. The lowest BCUT2D eigenvalue weighted by Gasteiger charge is -2.10. The van der Waals surface area contributed by atoms with Gasteiger partial charge in [0.1, 0.15) is 17.2 Å². The molecule has 3 rings (SSSR count). The van der Waals surface area contributed by atoms with E-state index in [0.29, 0.717) is 29.3 Å². The fourth-order valence-electron chi connectivity index (χ4n) is 3.23. The van der Waals surface area contributed by atoms with E-state index in [1.54, 1.807) is 49.6 Å². The van der Waals surface area contributed by atoms with Crippen LogP contribution < -0.4 is 9.47 Å². The highest BCUT2D eigenvalue weighted by Crippen LogP contribution is 2.20. The predicted molar refractivity (Wildman–Crippen MR) is 132 cm³/mol. The minimum Gasteiger partial charge on any atom is -0.497 e. The van der Waals surface area contributed by atoms with Gasteiger partial charge in [-0.05, 0) is 67.3 Å². The minimum atomic E-state index is -1.08. The van der Waals surface area contributed by atoms with Gasteiger partial charge in [-0.25, -0.2) is 9.78 Å². The van der Waals surface area contributed by atoms with Gasteiger partial charge in [0, 0.05) is 11.6 Å². The fraction of sp³-hybridized carbons (Fsp3) is 0.179. The molecule has 0 bridgehead atoms. The molecule has 0 aliphatic heterocycles. The number of allylic oxidation sites excluding steroid dienone is 1. The van der Waals surface area contributed by atoms with Gasteiger partial charge < -0.3 is 14.6 Å². The van der Waals surface area contributed by atoms with E-state index in [-0.39, 0.29) is 5.78 Å². The van der Waals surface area contributed by atoms with Crippen LogP contribution in [0.4, 0.5) is 0 Å². The smallest absolute Gasteiger partial charge is 0.328 e. The Hall–Kier alpha value is -4.19. The Bertz CT molecular complexity index is 1150. The second kappa shape index (κ2) is 12.7. The molecule has 2 aromatic carbocycles. The van der Waals surface area contributed by atoms with Crippen molar-refractivity contribution in [3.8, 4) is 11.5 Å². The van der Waals surface area contributed by atoms with Gasteiger partial charge in [-0.3, -0.25) is 4.79 Å². The second-order valence-corrected chi connectivity index (χ2v) is 7.51. The van der Waals surface area contributed by atoms with Crippen LogP contribution in [0.2, 0.25) is 0 Å². The topological polar surface area (TPSA) is 85.7 Å². The number of carbonyl (C=O) groups is 2. The van der Waals surface area contributed by atoms with Gasteiger partial charge in [0.05, 0.1) is 19.4 Å². The Balaban J connectivity index is 1.60. The molecule has 1 heterocycles. The Morgan fingerprint density at radius 3 is 2.38 bits per heavy atom. The van der Waals surface area contributed by atoms with E-state index in [0.717, 1.165) is 31.1 Å². The average molecular weight is 458 g/mol. The van der Waals surface area contributed by atoms with Crippen molar-refractivity contribution in [1.29, 1.82) is 0 Å². The quantitative estimate of drug-likeness (QED) is 0.220. The summed E-state index contributed by atoms with van der Waals surface area (Å²) in [5, 5.41) is 9.00. The summed E-state index contributed by atoms with van der Waals surface area (Å²) in [6.45, 7) is 0.480. The van der Waals surface area contributed by atoms with E-state index in [9.17, 15) is 9.59 Å². The highest BCUT2D eigenvalue weighted by Gasteiger charge is 2.06. The van der Waals surface area contributed by atoms with E-state index in [1.165, 1.54) is 17.7 Å². The molecule has 1 N–H and O–H groups in total. The van der Waals surface area contributed by atoms with Gasteiger partial charge in [0.2, 0.25) is 0 Å². The third kappa shape index (κ3) is 7.74. The van der Waals surface area contributed by atoms with Crippen LogP contribution in [0.15, 0.2) is 78.9 Å². The molecule has 0 radical (unpaired) electrons. The maximum absolute atomic E-state index is 12.3. The number of carbonyl (C=O) groups excluding carboxylic acids is 1. The molecular formula is C28H27NO5. The van der Waals surface area contributed by atoms with Crippen molar-refractivity contribution >= 4 is 23.9 Å². The van der Waals surface area contributed by atoms with Crippen molar-refractivity contribution in [2.24, 2.45) is 0 Å². The number of pyridine rings is 1. The van der Waals surface area contributed by atoms with Crippen LogP contribution in [-0.2, 0) is 11.2 Å². The zero-order chi connectivity index (χ0) is 24.2. The minimum absolute atomic E-state index is 0.137. The molecule has 34 heavy (non-hydrogen) atoms. The number of aromatic nitrogens is 1. The van der Waals surface area contributed by atoms with Gasteiger partial charge in [-0.2, -0.15) is 0 Å². The molecule has 1 aromatic heterocycles. The molecule has 0 spiro atoms. The fourth-order valence-corrected chi connectivity index (χ4v) is 3.23. The molecule has 0 amide bonds. The first-order valence-electron chi connectivity index (χ1n) is 11.0. The molecule has 0 aliphatic carbocycles. The summed E-state index contributed by atoms with van der Waals surface area (Å²) in [7, 11) is 1.65. The predicted octanol–water partition coefficient (Wildman–Crippen LogP) is 5.49. The summed E-state index contributed by atoms with van der Waals surface area (Å²) in [6.07, 6.45) is 8.17. The third-order valence-electron chi connectivity index (χ3n) is 5.03. The SMILES string of the molecule is COc1ccc(CCCCOc2ccc(/C=C/C(=O)c3ccccc3)nc2/C=C/C(=O)O)cc1. The van der Waals surface area contributed by atoms with Crippen molar-refractivity contribution in [3.05, 3.63) is 101 Å². The average Bonchev–Trinajstić information content (AvgIpc) is 2.87. The first-order chi connectivity index (χ1) is 16.5. The van der Waals surface area contributed by atoms with Crippen molar-refractivity contribution in [2.75, 3.05) is 13.7 Å². The van der Waals surface area contributed by atoms with Crippen LogP contribution in [0.3, 0.4) is 0 Å². The number of rotatable bonds is 12. The van der Waals surface area contributed by atoms with Gasteiger partial charge in [0.25, 0.3) is 0 Å². The van der Waals surface area contributed by atoms with Gasteiger partial charge in [-0.15, -0.1) is 0 Å². The molecule has 3 aromatic rings. The first-order valence-corrected chi connectivity index (χ1v) is 11.0. The van der Waals surface area contributed by atoms with Crippen molar-refractivity contribution in [1.82, 2.24) is 4.98 Å². The first kappa shape index (κ1) is 24.5. The normalized spacial score (nSPS) is 11.1. The number of hydrogen-bond acceptors (Lipinski definition) is 5. The number of aryl methyl sites for hydroxylation is 1. The number of benzene rings is 2. The van der Waals surface area contributed by atoms with E-state index < -0.39 is 5.97 Å². The lowest BCUT2D eigenvalue weighted by molar-refractivity contribution is -0.131. The van der Waals surface area contributed by atoms with Crippen molar-refractivity contribution in [2.45, 2.75) is 19.3 Å². The summed E-state index contributed by atoms with van der Waals surface area (Å²) in [4.78, 5) is 27.7. The number of hydrogen-bond donors (Lipinski definition) is 1. The molecule has 0 unspecified atom stereocenters. The molecule has 0 fully saturated rings. The summed E-state index contributed by atoms with van der Waals surface area (Å²) in [6, 6.07) is 20.4. The third-order valence-corrected chi connectivity index (χ3v) is 5.03. The largest absolute Gasteiger partial charge is 0.497 e. The molecule has 0 saturated heterocycles. The maximum atomic E-state index is 12.3. The summed E-state index contributed by atoms with van der Waals surface area (Å²) >= 11 is 0. The Morgan fingerprint density at radius 1 is 0.912 bits per heavy atom. The van der Waals surface area contributed by atoms with E-state index in [2.05, 4.69) is 4.98 Å². The van der Waals surface area contributed by atoms with Gasteiger partial charge >= 0.3 is 5.97 Å². The van der Waals surface area contributed by atoms with Gasteiger partial charge in [0.15, 0.2) is 5.78 Å². The second-order valence-electron chi connectivity index (χ2n) is 7.51. The maximum Gasteiger partial charge on any atom is 0.328 e. The number of nitrogens with zero attached hydrogens (tertiary/aromatic N) is 1. The van der Waals surface area contributed by atoms with Crippen molar-refractivity contribution < 1.29 is 24.2 Å². The van der Waals surface area contributed by atoms with E-state index >= 15 is 0 Å². The standard InChI is InChI=1S/C28H27NO5/c1-33-24-14-10-21(11-15-24)7-5-6-20-34-27-18-13-23(29-25(27)16-19-28(31)32)12-17-26(30)22-8-3-2-4-9-22/h2-4,8-19H,5-7,20H2,1H3,(H,31,32)/b17-12+,19-16+. The van der Waals surface area contributed by atoms with Crippen LogP contribution in [-0.4, -0.2) is 35.6 Å². The van der Waals surface area contributed by atoms with Gasteiger partial charge in [-0.1, -0.05) is 42.5 Å². The number of ether oxygens (including phenoxy) is 2. The molecule has 6 heteroatoms. The highest BCUT2D eigenvalue weighted by atomic mass is 16.5. The lowest BCUT2D eigenvalue weighted by Crippen LogP contribution is -2.02. The molecule has 0 atom stereocenters. The van der Waals surface area contributed by atoms with Crippen LogP contribution in [0.5, 0.6) is 11.5 Å². The highest BCUT2D eigenvalue weighted by molar-refractivity contribution is 6.06. The zero-order valence-corrected chi connectivity index (χ0v) is 19.0. The van der Waals surface area contributed by atoms with E-state index in [1.807, 2.05) is 30.3 Å². The van der Waals surface area contributed by atoms with E-state index in [4.69, 9.17) is 14.6 Å². The molecule has 6 nitrogen and oxygen atoms in total. The lowest BCUT2D eigenvalue weighted by atomic mass is 10.1. The Kier molecular flexibility index (Phi) is 9.17. The Labute approximate surface area is 199 Å². The summed E-state index contributed by atoms with van der Waals surface area (Å²) in [5.41, 5.74) is 2.74. The summed E-state index contributed by atoms with van der Waals surface area (Å²) < 4.78 is 11.0. The number of carboxylic acids is 1. The molecule has 0 saturated carbocycles. The number of unbranched alkanes of at least 4 members (excludes halogenated alkanes) is 1. The number of ketones is 1. The molecular weight excluding hydrogens is 430 g/mol. The van der Waals surface area contributed by atoms with Crippen LogP contribution >= 0.6 is 0 Å². The molecule has 174 valence electrons. The van der Waals surface area contributed by atoms with Crippen LogP contribution in [0, 0.1) is 0 Å². The zero-order valence-electron chi connectivity index (χ0n) is 19.0. The number of methoxy groups -OCH3 is 1. The Morgan fingerprint density at radius 2 is 1.68 bits per heavy atom. The van der Waals surface area contributed by atoms with Crippen LogP contribution in [0.1, 0.15) is 40.2 Å². The molecule has 0 aliphatic rings. The monoisotopic (exact) mass is 457 g/mol. The van der Waals surface area contributed by atoms with Crippen LogP contribution in [0.25, 0.3) is 12.2 Å². The summed E-state index contributed by atoms with van der Waals surface area (Å²) in [5.74, 6) is 0.118. The van der Waals surface area contributed by atoms with Crippen molar-refractivity contribution in [3.63, 3.8) is 0 Å². The number of carboxylic acid groups (broad SMARTS) is 1.